The molecular weight excluding hydrogens is 433 g/mol. The van der Waals surface area contributed by atoms with Crippen LogP contribution in [0, 0.1) is 5.92 Å². The van der Waals surface area contributed by atoms with Gasteiger partial charge in [0.25, 0.3) is 5.56 Å². The molecule has 1 aromatic rings. The van der Waals surface area contributed by atoms with Gasteiger partial charge in [0.2, 0.25) is 0 Å². The number of ether oxygens (including phenoxy) is 3. The summed E-state index contributed by atoms with van der Waals surface area (Å²) in [4.78, 5) is 29.1. The molecule has 32 heavy (non-hydrogen) atoms. The molecule has 3 atom stereocenters. The average molecular weight is 460 g/mol. The maximum absolute atomic E-state index is 15.7. The number of aromatic amines is 1. The first-order valence-electron chi connectivity index (χ1n) is 10.5. The summed E-state index contributed by atoms with van der Waals surface area (Å²) < 4.78 is 59.4. The maximum atomic E-state index is 15.7. The van der Waals surface area contributed by atoms with Crippen molar-refractivity contribution < 1.29 is 27.4 Å². The van der Waals surface area contributed by atoms with Gasteiger partial charge >= 0.3 is 5.69 Å². The van der Waals surface area contributed by atoms with Crippen molar-refractivity contribution in [3.8, 4) is 0 Å². The minimum absolute atomic E-state index is 0.0196. The number of aromatic nitrogens is 2. The van der Waals surface area contributed by atoms with E-state index in [2.05, 4.69) is 4.98 Å². The fourth-order valence-electron chi connectivity index (χ4n) is 5.04. The lowest BCUT2D eigenvalue weighted by Gasteiger charge is -2.39. The summed E-state index contributed by atoms with van der Waals surface area (Å²) in [7, 11) is 1.36. The summed E-state index contributed by atoms with van der Waals surface area (Å²) in [5, 5.41) is 0. The van der Waals surface area contributed by atoms with Crippen LogP contribution in [0.3, 0.4) is 0 Å². The SMILES string of the molecule is COC1c2c(c(=O)[nH]c(=O)n2C2CC2)C(C)=C(F)C1N1CC(CN)C(OCF)(OCF)C1. The van der Waals surface area contributed by atoms with Gasteiger partial charge in [0.05, 0.1) is 23.8 Å². The number of nitrogens with two attached hydrogens (primary N) is 1. The van der Waals surface area contributed by atoms with Gasteiger partial charge in [-0.1, -0.05) is 0 Å². The lowest BCUT2D eigenvalue weighted by molar-refractivity contribution is -0.277. The third-order valence-corrected chi connectivity index (χ3v) is 6.67. The predicted octanol–water partition coefficient (Wildman–Crippen LogP) is 1.12. The van der Waals surface area contributed by atoms with Gasteiger partial charge in [0.15, 0.2) is 19.5 Å². The molecule has 1 saturated carbocycles. The van der Waals surface area contributed by atoms with Crippen LogP contribution in [0.25, 0.3) is 5.57 Å². The lowest BCUT2D eigenvalue weighted by atomic mass is 9.88. The number of rotatable bonds is 8. The monoisotopic (exact) mass is 460 g/mol. The number of nitrogens with one attached hydrogen (secondary N) is 1. The van der Waals surface area contributed by atoms with E-state index in [0.29, 0.717) is 5.69 Å². The van der Waals surface area contributed by atoms with Gasteiger partial charge < -0.3 is 19.9 Å². The molecule has 3 N–H and O–H groups in total. The van der Waals surface area contributed by atoms with Crippen LogP contribution < -0.4 is 17.0 Å². The van der Waals surface area contributed by atoms with Gasteiger partial charge in [-0.3, -0.25) is 19.2 Å². The van der Waals surface area contributed by atoms with E-state index >= 15 is 4.39 Å². The molecule has 12 heteroatoms. The second-order valence-corrected chi connectivity index (χ2v) is 8.38. The van der Waals surface area contributed by atoms with Crippen LogP contribution >= 0.6 is 0 Å². The quantitative estimate of drug-likeness (QED) is 0.559. The molecule has 3 aliphatic rings. The largest absolute Gasteiger partial charge is 0.373 e. The summed E-state index contributed by atoms with van der Waals surface area (Å²) in [6.45, 7) is -1.11. The summed E-state index contributed by atoms with van der Waals surface area (Å²) in [5.74, 6) is -2.98. The summed E-state index contributed by atoms with van der Waals surface area (Å²) in [6.07, 6.45) is 0.484. The Morgan fingerprint density at radius 2 is 1.88 bits per heavy atom. The fourth-order valence-corrected chi connectivity index (χ4v) is 5.04. The zero-order valence-electron chi connectivity index (χ0n) is 17.9. The molecule has 3 unspecified atom stereocenters. The number of allylic oxidation sites excluding steroid dienone is 1. The lowest BCUT2D eigenvalue weighted by Crippen LogP contribution is -2.49. The Bertz CT molecular complexity index is 1020. The van der Waals surface area contributed by atoms with E-state index in [4.69, 9.17) is 19.9 Å². The predicted molar refractivity (Wildman–Crippen MR) is 108 cm³/mol. The van der Waals surface area contributed by atoms with Gasteiger partial charge in [0.1, 0.15) is 11.9 Å². The molecule has 1 saturated heterocycles. The highest BCUT2D eigenvalue weighted by atomic mass is 19.1. The number of alkyl halides is 2. The molecule has 4 rings (SSSR count). The molecule has 0 aromatic carbocycles. The van der Waals surface area contributed by atoms with Crippen LogP contribution in [0.2, 0.25) is 0 Å². The third-order valence-electron chi connectivity index (χ3n) is 6.67. The van der Waals surface area contributed by atoms with Gasteiger partial charge in [-0.25, -0.2) is 18.0 Å². The minimum atomic E-state index is -1.70. The van der Waals surface area contributed by atoms with Crippen molar-refractivity contribution >= 4 is 5.57 Å². The van der Waals surface area contributed by atoms with E-state index in [9.17, 15) is 18.4 Å². The number of likely N-dealkylation sites (tertiary alicyclic amines) is 1. The van der Waals surface area contributed by atoms with Crippen molar-refractivity contribution in [2.75, 3.05) is 40.5 Å². The standard InChI is InChI=1S/C20H27F3N4O5/c1-10-13-15(27(12-3-4-12)19(29)25-18(13)28)17(30-2)16(14(10)23)26-6-11(5-24)20(7-26,31-8-21)32-9-22/h11-12,16-17H,3-9,24H2,1-2H3,(H,25,28,29). The maximum Gasteiger partial charge on any atom is 0.328 e. The van der Waals surface area contributed by atoms with Crippen molar-refractivity contribution in [1.82, 2.24) is 14.5 Å². The molecule has 1 aromatic heterocycles. The highest BCUT2D eigenvalue weighted by Gasteiger charge is 2.54. The van der Waals surface area contributed by atoms with Crippen LogP contribution in [0.5, 0.6) is 0 Å². The van der Waals surface area contributed by atoms with Crippen molar-refractivity contribution in [3.05, 3.63) is 37.9 Å². The number of hydrogen-bond donors (Lipinski definition) is 2. The Balaban J connectivity index is 1.83. The summed E-state index contributed by atoms with van der Waals surface area (Å²) in [6, 6.07) is -1.18. The first-order chi connectivity index (χ1) is 15.3. The Hall–Kier alpha value is -1.99. The number of hydrogen-bond acceptors (Lipinski definition) is 7. The number of fused-ring (bicyclic) bond motifs is 1. The normalized spacial score (nSPS) is 27.8. The first kappa shape index (κ1) is 23.2. The van der Waals surface area contributed by atoms with E-state index in [1.54, 1.807) is 4.90 Å². The van der Waals surface area contributed by atoms with E-state index < -0.39 is 54.6 Å². The highest BCUT2D eigenvalue weighted by molar-refractivity contribution is 5.70. The van der Waals surface area contributed by atoms with E-state index in [1.807, 2.05) is 0 Å². The molecule has 0 spiro atoms. The molecule has 1 aliphatic heterocycles. The second-order valence-electron chi connectivity index (χ2n) is 8.38. The average Bonchev–Trinajstić information content (AvgIpc) is 3.52. The van der Waals surface area contributed by atoms with Crippen LogP contribution in [-0.4, -0.2) is 66.7 Å². The molecule has 2 fully saturated rings. The summed E-state index contributed by atoms with van der Waals surface area (Å²) in [5.41, 5.74) is 5.00. The smallest absolute Gasteiger partial charge is 0.328 e. The fraction of sp³-hybridized carbons (Fsp3) is 0.700. The molecule has 0 radical (unpaired) electrons. The van der Waals surface area contributed by atoms with Gasteiger partial charge in [-0.05, 0) is 25.3 Å². The van der Waals surface area contributed by atoms with E-state index in [1.165, 1.54) is 18.6 Å². The van der Waals surface area contributed by atoms with Crippen molar-refractivity contribution in [2.45, 2.75) is 43.7 Å². The van der Waals surface area contributed by atoms with E-state index in [0.717, 1.165) is 12.8 Å². The van der Waals surface area contributed by atoms with Crippen LogP contribution in [-0.2, 0) is 14.2 Å². The zero-order valence-corrected chi connectivity index (χ0v) is 17.9. The Morgan fingerprint density at radius 1 is 1.22 bits per heavy atom. The highest BCUT2D eigenvalue weighted by Crippen LogP contribution is 2.46. The Kier molecular flexibility index (Phi) is 6.34. The van der Waals surface area contributed by atoms with Crippen LogP contribution in [0.4, 0.5) is 13.2 Å². The molecule has 178 valence electrons. The zero-order chi connectivity index (χ0) is 23.2. The Labute approximate surface area is 181 Å². The van der Waals surface area contributed by atoms with Crippen molar-refractivity contribution in [2.24, 2.45) is 11.7 Å². The van der Waals surface area contributed by atoms with Crippen LogP contribution in [0.1, 0.15) is 43.2 Å². The van der Waals surface area contributed by atoms with Gasteiger partial charge in [0, 0.05) is 32.2 Å². The molecule has 2 aliphatic carbocycles. The second kappa shape index (κ2) is 8.75. The number of halogens is 3. The molecule has 9 nitrogen and oxygen atoms in total. The minimum Gasteiger partial charge on any atom is -0.373 e. The van der Waals surface area contributed by atoms with Gasteiger partial charge in [-0.2, -0.15) is 0 Å². The van der Waals surface area contributed by atoms with E-state index in [-0.39, 0.29) is 36.8 Å². The Morgan fingerprint density at radius 3 is 2.41 bits per heavy atom. The molecule has 0 bridgehead atoms. The third kappa shape index (κ3) is 3.54. The topological polar surface area (TPSA) is 112 Å². The van der Waals surface area contributed by atoms with Crippen molar-refractivity contribution in [1.29, 1.82) is 0 Å². The molecule has 0 amide bonds. The molecular formula is C20H27F3N4O5. The summed E-state index contributed by atoms with van der Waals surface area (Å²) >= 11 is 0. The number of H-pyrrole nitrogens is 1. The van der Waals surface area contributed by atoms with Crippen molar-refractivity contribution in [3.63, 3.8) is 0 Å². The van der Waals surface area contributed by atoms with Crippen LogP contribution in [0.15, 0.2) is 15.4 Å². The van der Waals surface area contributed by atoms with Gasteiger partial charge in [-0.15, -0.1) is 0 Å². The number of nitrogens with zero attached hydrogens (tertiary/aromatic N) is 2. The molecule has 2 heterocycles. The first-order valence-corrected chi connectivity index (χ1v) is 10.5. The number of methoxy groups -OCH3 is 1.